The first-order chi connectivity index (χ1) is 9.63. The third kappa shape index (κ3) is 2.87. The number of benzene rings is 1. The van der Waals surface area contributed by atoms with E-state index in [4.69, 9.17) is 26.7 Å². The molecular formula is C14H9ClN2O3. The summed E-state index contributed by atoms with van der Waals surface area (Å²) in [5.74, 6) is -1.05. The van der Waals surface area contributed by atoms with Gasteiger partial charge in [0.2, 0.25) is 0 Å². The second-order valence-corrected chi connectivity index (χ2v) is 4.24. The number of hydrogen-bond acceptors (Lipinski definition) is 4. The van der Waals surface area contributed by atoms with Crippen LogP contribution in [-0.4, -0.2) is 16.1 Å². The standard InChI is InChI=1S/C14H9ClN2O3/c15-11-5-1-4-10(14(18)19)13(11)20-8-9-3-2-6-17-12(9)7-16/h1-6H,8H2,(H,18,19). The summed E-state index contributed by atoms with van der Waals surface area (Å²) in [4.78, 5) is 15.0. The Balaban J connectivity index is 2.28. The third-order valence-electron chi connectivity index (χ3n) is 2.57. The van der Waals surface area contributed by atoms with Crippen LogP contribution in [0.4, 0.5) is 0 Å². The molecule has 0 aliphatic carbocycles. The van der Waals surface area contributed by atoms with Crippen LogP contribution in [-0.2, 0) is 6.61 Å². The number of ether oxygens (including phenoxy) is 1. The molecule has 5 nitrogen and oxygen atoms in total. The van der Waals surface area contributed by atoms with Crippen LogP contribution in [0.1, 0.15) is 21.6 Å². The number of carboxylic acid groups (broad SMARTS) is 1. The van der Waals surface area contributed by atoms with Gasteiger partial charge in [-0.3, -0.25) is 0 Å². The van der Waals surface area contributed by atoms with Crippen LogP contribution in [0.25, 0.3) is 0 Å². The Morgan fingerprint density at radius 1 is 1.40 bits per heavy atom. The van der Waals surface area contributed by atoms with Gasteiger partial charge in [0.1, 0.15) is 23.9 Å². The van der Waals surface area contributed by atoms with Gasteiger partial charge < -0.3 is 9.84 Å². The number of nitriles is 1. The first-order valence-electron chi connectivity index (χ1n) is 5.62. The molecule has 0 fully saturated rings. The number of halogens is 1. The number of nitrogens with zero attached hydrogens (tertiary/aromatic N) is 2. The predicted octanol–water partition coefficient (Wildman–Crippen LogP) is 2.88. The largest absolute Gasteiger partial charge is 0.486 e. The molecule has 1 heterocycles. The molecule has 0 aliphatic heterocycles. The number of carbonyl (C=O) groups is 1. The van der Waals surface area contributed by atoms with E-state index in [2.05, 4.69) is 4.98 Å². The molecular weight excluding hydrogens is 280 g/mol. The molecule has 1 aromatic heterocycles. The average molecular weight is 289 g/mol. The second-order valence-electron chi connectivity index (χ2n) is 3.83. The summed E-state index contributed by atoms with van der Waals surface area (Å²) in [5.41, 5.74) is 0.766. The van der Waals surface area contributed by atoms with Crippen molar-refractivity contribution in [2.75, 3.05) is 0 Å². The molecule has 0 saturated heterocycles. The summed E-state index contributed by atoms with van der Waals surface area (Å²) in [6.45, 7) is 0.0146. The first kappa shape index (κ1) is 13.8. The fourth-order valence-electron chi connectivity index (χ4n) is 1.63. The Kier molecular flexibility index (Phi) is 4.18. The molecule has 1 aromatic carbocycles. The van der Waals surface area contributed by atoms with Crippen molar-refractivity contribution < 1.29 is 14.6 Å². The monoisotopic (exact) mass is 288 g/mol. The molecule has 0 saturated carbocycles. The van der Waals surface area contributed by atoms with E-state index >= 15 is 0 Å². The van der Waals surface area contributed by atoms with Crippen molar-refractivity contribution >= 4 is 17.6 Å². The van der Waals surface area contributed by atoms with Crippen molar-refractivity contribution in [3.8, 4) is 11.8 Å². The lowest BCUT2D eigenvalue weighted by atomic mass is 10.2. The highest BCUT2D eigenvalue weighted by Gasteiger charge is 2.15. The minimum Gasteiger partial charge on any atom is -0.486 e. The molecule has 1 N–H and O–H groups in total. The van der Waals surface area contributed by atoms with Gasteiger partial charge in [-0.25, -0.2) is 9.78 Å². The molecule has 0 amide bonds. The Morgan fingerprint density at radius 2 is 2.20 bits per heavy atom. The molecule has 100 valence electrons. The lowest BCUT2D eigenvalue weighted by molar-refractivity contribution is 0.0692. The Labute approximate surface area is 120 Å². The van der Waals surface area contributed by atoms with E-state index < -0.39 is 5.97 Å². The van der Waals surface area contributed by atoms with E-state index in [-0.39, 0.29) is 28.6 Å². The van der Waals surface area contributed by atoms with Gasteiger partial charge in [-0.05, 0) is 18.2 Å². The number of pyridine rings is 1. The lowest BCUT2D eigenvalue weighted by Gasteiger charge is -2.11. The maximum Gasteiger partial charge on any atom is 0.339 e. The number of aromatic nitrogens is 1. The van der Waals surface area contributed by atoms with Crippen LogP contribution in [0, 0.1) is 11.3 Å². The molecule has 20 heavy (non-hydrogen) atoms. The van der Waals surface area contributed by atoms with E-state index in [1.165, 1.54) is 24.4 Å². The second kappa shape index (κ2) is 6.04. The van der Waals surface area contributed by atoms with Crippen LogP contribution >= 0.6 is 11.6 Å². The van der Waals surface area contributed by atoms with Gasteiger partial charge in [-0.1, -0.05) is 23.7 Å². The molecule has 0 radical (unpaired) electrons. The Bertz CT molecular complexity index is 695. The molecule has 0 unspecified atom stereocenters. The summed E-state index contributed by atoms with van der Waals surface area (Å²) in [7, 11) is 0. The normalized spacial score (nSPS) is 9.80. The summed E-state index contributed by atoms with van der Waals surface area (Å²) >= 11 is 5.94. The van der Waals surface area contributed by atoms with Crippen LogP contribution in [0.15, 0.2) is 36.5 Å². The van der Waals surface area contributed by atoms with Crippen LogP contribution < -0.4 is 4.74 Å². The fraction of sp³-hybridized carbons (Fsp3) is 0.0714. The molecule has 6 heteroatoms. The van der Waals surface area contributed by atoms with Crippen LogP contribution in [0.2, 0.25) is 5.02 Å². The zero-order valence-corrected chi connectivity index (χ0v) is 11.0. The van der Waals surface area contributed by atoms with Crippen LogP contribution in [0.5, 0.6) is 5.75 Å². The van der Waals surface area contributed by atoms with E-state index in [0.29, 0.717) is 5.56 Å². The summed E-state index contributed by atoms with van der Waals surface area (Å²) < 4.78 is 5.45. The fourth-order valence-corrected chi connectivity index (χ4v) is 1.86. The van der Waals surface area contributed by atoms with Crippen molar-refractivity contribution in [2.24, 2.45) is 0 Å². The van der Waals surface area contributed by atoms with Gasteiger partial charge in [-0.15, -0.1) is 0 Å². The lowest BCUT2D eigenvalue weighted by Crippen LogP contribution is -2.05. The van der Waals surface area contributed by atoms with Crippen molar-refractivity contribution in [1.82, 2.24) is 4.98 Å². The predicted molar refractivity (Wildman–Crippen MR) is 71.7 cm³/mol. The smallest absolute Gasteiger partial charge is 0.339 e. The highest BCUT2D eigenvalue weighted by atomic mass is 35.5. The molecule has 0 bridgehead atoms. The topological polar surface area (TPSA) is 83.2 Å². The molecule has 0 spiro atoms. The molecule has 0 atom stereocenters. The molecule has 2 aromatic rings. The van der Waals surface area contributed by atoms with Gasteiger partial charge >= 0.3 is 5.97 Å². The van der Waals surface area contributed by atoms with Gasteiger partial charge in [0.05, 0.1) is 5.02 Å². The minimum absolute atomic E-state index is 0.0146. The van der Waals surface area contributed by atoms with E-state index in [0.717, 1.165) is 0 Å². The van der Waals surface area contributed by atoms with E-state index in [9.17, 15) is 4.79 Å². The number of rotatable bonds is 4. The average Bonchev–Trinajstić information content (AvgIpc) is 2.46. The maximum absolute atomic E-state index is 11.1. The maximum atomic E-state index is 11.1. The Morgan fingerprint density at radius 3 is 2.90 bits per heavy atom. The van der Waals surface area contributed by atoms with Crippen molar-refractivity contribution in [2.45, 2.75) is 6.61 Å². The van der Waals surface area contributed by atoms with Gasteiger partial charge in [0.25, 0.3) is 0 Å². The Hall–Kier alpha value is -2.58. The highest BCUT2D eigenvalue weighted by molar-refractivity contribution is 6.32. The number of carboxylic acids is 1. The SMILES string of the molecule is N#Cc1ncccc1COc1c(Cl)cccc1C(=O)O. The zero-order chi connectivity index (χ0) is 14.5. The highest BCUT2D eigenvalue weighted by Crippen LogP contribution is 2.29. The summed E-state index contributed by atoms with van der Waals surface area (Å²) in [6, 6.07) is 9.77. The van der Waals surface area contributed by atoms with Gasteiger partial charge in [0.15, 0.2) is 5.75 Å². The van der Waals surface area contributed by atoms with Gasteiger partial charge in [-0.2, -0.15) is 5.26 Å². The van der Waals surface area contributed by atoms with E-state index in [1.54, 1.807) is 12.1 Å². The summed E-state index contributed by atoms with van der Waals surface area (Å²) in [6.07, 6.45) is 1.50. The number of aromatic carboxylic acids is 1. The van der Waals surface area contributed by atoms with Crippen molar-refractivity contribution in [1.29, 1.82) is 5.26 Å². The minimum atomic E-state index is -1.13. The first-order valence-corrected chi connectivity index (χ1v) is 6.00. The van der Waals surface area contributed by atoms with Crippen molar-refractivity contribution in [3.63, 3.8) is 0 Å². The van der Waals surface area contributed by atoms with E-state index in [1.807, 2.05) is 6.07 Å². The third-order valence-corrected chi connectivity index (χ3v) is 2.86. The quantitative estimate of drug-likeness (QED) is 0.935. The molecule has 0 aliphatic rings. The zero-order valence-electron chi connectivity index (χ0n) is 10.2. The van der Waals surface area contributed by atoms with Crippen LogP contribution in [0.3, 0.4) is 0 Å². The number of para-hydroxylation sites is 1. The summed E-state index contributed by atoms with van der Waals surface area (Å²) in [5, 5.41) is 18.2. The van der Waals surface area contributed by atoms with Gasteiger partial charge in [0, 0.05) is 11.8 Å². The number of hydrogen-bond donors (Lipinski definition) is 1. The van der Waals surface area contributed by atoms with Crippen molar-refractivity contribution in [3.05, 3.63) is 58.4 Å². The molecule has 2 rings (SSSR count).